The van der Waals surface area contributed by atoms with Crippen molar-refractivity contribution in [3.63, 3.8) is 0 Å². The van der Waals surface area contributed by atoms with Crippen molar-refractivity contribution in [2.24, 2.45) is 0 Å². The number of hydrogen-bond donors (Lipinski definition) is 2. The Hall–Kier alpha value is -2.61. The lowest BCUT2D eigenvalue weighted by Gasteiger charge is -2.18. The number of thioether (sulfide) groups is 1. The molecular formula is C21H19ClN2O4S. The van der Waals surface area contributed by atoms with Gasteiger partial charge < -0.3 is 10.4 Å². The lowest BCUT2D eigenvalue weighted by molar-refractivity contribution is -0.120. The van der Waals surface area contributed by atoms with Gasteiger partial charge in [0, 0.05) is 23.4 Å². The van der Waals surface area contributed by atoms with Crippen LogP contribution in [0.2, 0.25) is 5.02 Å². The van der Waals surface area contributed by atoms with Crippen molar-refractivity contribution in [1.82, 2.24) is 0 Å². The summed E-state index contributed by atoms with van der Waals surface area (Å²) < 4.78 is 0. The van der Waals surface area contributed by atoms with Crippen molar-refractivity contribution < 1.29 is 19.5 Å². The number of hydrogen-bond acceptors (Lipinski definition) is 5. The van der Waals surface area contributed by atoms with Crippen LogP contribution in [0.5, 0.6) is 0 Å². The summed E-state index contributed by atoms with van der Waals surface area (Å²) in [6.45, 7) is 3.08. The molecule has 0 spiro atoms. The first kappa shape index (κ1) is 21.1. The van der Waals surface area contributed by atoms with Gasteiger partial charge in [-0.1, -0.05) is 29.8 Å². The second kappa shape index (κ2) is 8.82. The number of rotatable bonds is 6. The summed E-state index contributed by atoms with van der Waals surface area (Å²) in [7, 11) is 0. The largest absolute Gasteiger partial charge is 0.396 e. The first-order chi connectivity index (χ1) is 13.8. The molecule has 1 heterocycles. The normalized spacial score (nSPS) is 14.0. The summed E-state index contributed by atoms with van der Waals surface area (Å²) in [5.41, 5.74) is 2.58. The Morgan fingerprint density at radius 3 is 2.45 bits per heavy atom. The first-order valence-corrected chi connectivity index (χ1v) is 10.2. The number of carbonyl (C=O) groups excluding carboxylic acids is 3. The van der Waals surface area contributed by atoms with E-state index >= 15 is 0 Å². The number of imide groups is 1. The molecule has 0 atom stereocenters. The highest BCUT2D eigenvalue weighted by Crippen LogP contribution is 2.40. The van der Waals surface area contributed by atoms with Gasteiger partial charge in [-0.2, -0.15) is 0 Å². The number of aliphatic hydroxyl groups excluding tert-OH is 1. The van der Waals surface area contributed by atoms with Crippen LogP contribution in [0.3, 0.4) is 0 Å². The van der Waals surface area contributed by atoms with Crippen LogP contribution >= 0.6 is 23.4 Å². The van der Waals surface area contributed by atoms with E-state index in [0.29, 0.717) is 22.0 Å². The van der Waals surface area contributed by atoms with Crippen LogP contribution in [-0.4, -0.2) is 35.2 Å². The summed E-state index contributed by atoms with van der Waals surface area (Å²) in [6, 6.07) is 11.7. The van der Waals surface area contributed by atoms with Gasteiger partial charge in [-0.3, -0.25) is 14.4 Å². The fourth-order valence-corrected chi connectivity index (χ4v) is 4.04. The predicted octanol–water partition coefficient (Wildman–Crippen LogP) is 3.62. The van der Waals surface area contributed by atoms with Gasteiger partial charge in [-0.25, -0.2) is 4.90 Å². The van der Waals surface area contributed by atoms with Crippen molar-refractivity contribution >= 4 is 58.0 Å². The fraction of sp³-hybridized carbons (Fsp3) is 0.190. The van der Waals surface area contributed by atoms with E-state index in [2.05, 4.69) is 5.32 Å². The number of aliphatic hydroxyl groups is 1. The minimum atomic E-state index is -0.451. The van der Waals surface area contributed by atoms with Crippen LogP contribution in [0.25, 0.3) is 5.57 Å². The second-order valence-electron chi connectivity index (χ2n) is 6.41. The number of nitrogens with zero attached hydrogens (tertiary/aromatic N) is 1. The topological polar surface area (TPSA) is 86.7 Å². The minimum Gasteiger partial charge on any atom is -0.396 e. The molecule has 0 saturated heterocycles. The number of halogens is 1. The van der Waals surface area contributed by atoms with Crippen molar-refractivity contribution in [2.75, 3.05) is 22.6 Å². The van der Waals surface area contributed by atoms with Crippen LogP contribution < -0.4 is 10.2 Å². The maximum atomic E-state index is 13.3. The third-order valence-electron chi connectivity index (χ3n) is 4.29. The summed E-state index contributed by atoms with van der Waals surface area (Å²) in [6.07, 6.45) is 0. The quantitative estimate of drug-likeness (QED) is 0.683. The maximum absolute atomic E-state index is 13.3. The third kappa shape index (κ3) is 4.37. The standard InChI is InChI=1S/C21H19ClN2O4S/c1-12-3-6-15(22)11-17(12)24-20(27)18(19(21(24)28)29-10-9-25)14-4-7-16(8-5-14)23-13(2)26/h3-8,11,25H,9-10H2,1-2H3,(H,23,26). The smallest absolute Gasteiger partial charge is 0.272 e. The lowest BCUT2D eigenvalue weighted by atomic mass is 10.1. The number of anilines is 2. The Morgan fingerprint density at radius 2 is 1.83 bits per heavy atom. The Morgan fingerprint density at radius 1 is 1.14 bits per heavy atom. The van der Waals surface area contributed by atoms with E-state index in [1.54, 1.807) is 49.4 Å². The lowest BCUT2D eigenvalue weighted by Crippen LogP contribution is -2.32. The molecule has 2 N–H and O–H groups in total. The zero-order valence-electron chi connectivity index (χ0n) is 15.9. The average Bonchev–Trinajstić information content (AvgIpc) is 2.92. The van der Waals surface area contributed by atoms with Crippen molar-refractivity contribution in [1.29, 1.82) is 0 Å². The molecular weight excluding hydrogens is 412 g/mol. The van der Waals surface area contributed by atoms with Crippen LogP contribution in [-0.2, 0) is 14.4 Å². The number of aryl methyl sites for hydroxylation is 1. The molecule has 2 aromatic rings. The second-order valence-corrected chi connectivity index (χ2v) is 7.95. The van der Waals surface area contributed by atoms with Crippen LogP contribution in [0.15, 0.2) is 47.4 Å². The van der Waals surface area contributed by atoms with Gasteiger partial charge in [0.25, 0.3) is 11.8 Å². The number of nitrogens with one attached hydrogen (secondary N) is 1. The molecule has 0 radical (unpaired) electrons. The number of amides is 3. The molecule has 3 amide bonds. The molecule has 1 aliphatic heterocycles. The molecule has 0 aliphatic carbocycles. The molecule has 0 fully saturated rings. The van der Waals surface area contributed by atoms with Gasteiger partial charge in [0.2, 0.25) is 5.91 Å². The van der Waals surface area contributed by atoms with Crippen LogP contribution in [0.1, 0.15) is 18.1 Å². The van der Waals surface area contributed by atoms with Crippen molar-refractivity contribution in [3.8, 4) is 0 Å². The zero-order chi connectivity index (χ0) is 21.1. The molecule has 0 unspecified atom stereocenters. The molecule has 29 heavy (non-hydrogen) atoms. The maximum Gasteiger partial charge on any atom is 0.272 e. The Kier molecular flexibility index (Phi) is 6.42. The molecule has 0 aromatic heterocycles. The van der Waals surface area contributed by atoms with Gasteiger partial charge in [0.15, 0.2) is 0 Å². The highest BCUT2D eigenvalue weighted by molar-refractivity contribution is 8.04. The summed E-state index contributed by atoms with van der Waals surface area (Å²) in [5, 5.41) is 12.3. The van der Waals surface area contributed by atoms with E-state index in [-0.39, 0.29) is 28.7 Å². The average molecular weight is 431 g/mol. The highest BCUT2D eigenvalue weighted by Gasteiger charge is 2.40. The predicted molar refractivity (Wildman–Crippen MR) is 116 cm³/mol. The van der Waals surface area contributed by atoms with E-state index in [0.717, 1.165) is 22.2 Å². The molecule has 8 heteroatoms. The minimum absolute atomic E-state index is 0.124. The summed E-state index contributed by atoms with van der Waals surface area (Å²) in [4.78, 5) is 39.0. The molecule has 6 nitrogen and oxygen atoms in total. The van der Waals surface area contributed by atoms with E-state index < -0.39 is 11.8 Å². The van der Waals surface area contributed by atoms with E-state index in [4.69, 9.17) is 11.6 Å². The van der Waals surface area contributed by atoms with Crippen LogP contribution in [0.4, 0.5) is 11.4 Å². The van der Waals surface area contributed by atoms with Gasteiger partial charge in [-0.05, 0) is 42.3 Å². The number of benzene rings is 2. The Balaban J connectivity index is 2.05. The van der Waals surface area contributed by atoms with Crippen molar-refractivity contribution in [3.05, 3.63) is 63.5 Å². The summed E-state index contributed by atoms with van der Waals surface area (Å²) in [5.74, 6) is -0.816. The fourth-order valence-electron chi connectivity index (χ4n) is 3.01. The highest BCUT2D eigenvalue weighted by atomic mass is 35.5. The van der Waals surface area contributed by atoms with Crippen molar-refractivity contribution in [2.45, 2.75) is 13.8 Å². The molecule has 2 aromatic carbocycles. The first-order valence-electron chi connectivity index (χ1n) is 8.84. The van der Waals surface area contributed by atoms with Gasteiger partial charge in [0.05, 0.1) is 22.8 Å². The molecule has 3 rings (SSSR count). The van der Waals surface area contributed by atoms with E-state index in [9.17, 15) is 19.5 Å². The molecule has 150 valence electrons. The molecule has 1 aliphatic rings. The monoisotopic (exact) mass is 430 g/mol. The molecule has 0 saturated carbocycles. The van der Waals surface area contributed by atoms with Gasteiger partial charge in [-0.15, -0.1) is 11.8 Å². The summed E-state index contributed by atoms with van der Waals surface area (Å²) >= 11 is 7.22. The zero-order valence-corrected chi connectivity index (χ0v) is 17.4. The van der Waals surface area contributed by atoms with Gasteiger partial charge in [0.1, 0.15) is 0 Å². The Bertz CT molecular complexity index is 1020. The number of carbonyl (C=O) groups is 3. The molecule has 0 bridgehead atoms. The SMILES string of the molecule is CC(=O)Nc1ccc(C2=C(SCCO)C(=O)N(c3cc(Cl)ccc3C)C2=O)cc1. The van der Waals surface area contributed by atoms with Gasteiger partial charge >= 0.3 is 0 Å². The Labute approximate surface area is 177 Å². The van der Waals surface area contributed by atoms with E-state index in [1.165, 1.54) is 6.92 Å². The van der Waals surface area contributed by atoms with E-state index in [1.807, 2.05) is 0 Å². The van der Waals surface area contributed by atoms with Crippen LogP contribution in [0, 0.1) is 6.92 Å². The third-order valence-corrected chi connectivity index (χ3v) is 5.57.